The Kier molecular flexibility index (Phi) is 5.59. The van der Waals surface area contributed by atoms with Crippen LogP contribution in [0.15, 0.2) is 12.1 Å². The molecule has 2 aliphatic heterocycles. The summed E-state index contributed by atoms with van der Waals surface area (Å²) in [5, 5.41) is 5.89. The molecule has 1 fully saturated rings. The van der Waals surface area contributed by atoms with Crippen molar-refractivity contribution in [3.05, 3.63) is 29.1 Å². The van der Waals surface area contributed by atoms with E-state index in [-0.39, 0.29) is 41.6 Å². The lowest BCUT2D eigenvalue weighted by Crippen LogP contribution is -2.30. The Hall–Kier alpha value is -1.66. The first-order valence-electron chi connectivity index (χ1n) is 7.63. The first kappa shape index (κ1) is 17.7. The topological polar surface area (TPSA) is 61.4 Å². The first-order chi connectivity index (χ1) is 10.6. The third-order valence-electron chi connectivity index (χ3n) is 4.47. The Morgan fingerprint density at radius 1 is 1.39 bits per heavy atom. The molecule has 0 aliphatic carbocycles. The van der Waals surface area contributed by atoms with Crippen LogP contribution in [0.4, 0.5) is 10.1 Å². The Morgan fingerprint density at radius 2 is 2.17 bits per heavy atom. The van der Waals surface area contributed by atoms with Crippen molar-refractivity contribution in [2.45, 2.75) is 26.3 Å². The van der Waals surface area contributed by atoms with Crippen LogP contribution in [0.1, 0.15) is 24.5 Å². The van der Waals surface area contributed by atoms with Crippen LogP contribution in [0.2, 0.25) is 0 Å². The van der Waals surface area contributed by atoms with Gasteiger partial charge in [-0.05, 0) is 36.6 Å². The van der Waals surface area contributed by atoms with Gasteiger partial charge in [-0.1, -0.05) is 6.07 Å². The van der Waals surface area contributed by atoms with Crippen molar-refractivity contribution in [3.63, 3.8) is 0 Å². The molecule has 2 N–H and O–H groups in total. The quantitative estimate of drug-likeness (QED) is 0.860. The molecule has 1 saturated heterocycles. The van der Waals surface area contributed by atoms with Gasteiger partial charge < -0.3 is 15.5 Å². The predicted molar refractivity (Wildman–Crippen MR) is 88.0 cm³/mol. The highest BCUT2D eigenvalue weighted by atomic mass is 35.5. The molecular weight excluding hydrogens is 321 g/mol. The zero-order valence-corrected chi connectivity index (χ0v) is 13.8. The van der Waals surface area contributed by atoms with E-state index in [9.17, 15) is 14.0 Å². The molecule has 1 aromatic carbocycles. The van der Waals surface area contributed by atoms with E-state index in [1.54, 1.807) is 11.0 Å². The Bertz CT molecular complexity index is 624. The molecule has 1 aromatic rings. The van der Waals surface area contributed by atoms with Gasteiger partial charge in [0.2, 0.25) is 11.8 Å². The molecule has 5 nitrogen and oxygen atoms in total. The molecule has 1 atom stereocenters. The van der Waals surface area contributed by atoms with Crippen LogP contribution in [-0.4, -0.2) is 36.3 Å². The summed E-state index contributed by atoms with van der Waals surface area (Å²) in [5.74, 6) is -0.825. The monoisotopic (exact) mass is 341 g/mol. The van der Waals surface area contributed by atoms with Gasteiger partial charge in [0, 0.05) is 26.6 Å². The lowest BCUT2D eigenvalue weighted by atomic mass is 9.99. The number of nitrogens with one attached hydrogen (secondary N) is 2. The van der Waals surface area contributed by atoms with Gasteiger partial charge in [-0.15, -0.1) is 12.4 Å². The van der Waals surface area contributed by atoms with Crippen molar-refractivity contribution in [1.82, 2.24) is 10.2 Å². The minimum Gasteiger partial charge on any atom is -0.342 e. The minimum atomic E-state index is -0.325. The maximum absolute atomic E-state index is 14.5. The van der Waals surface area contributed by atoms with Gasteiger partial charge in [-0.2, -0.15) is 0 Å². The lowest BCUT2D eigenvalue weighted by molar-refractivity contribution is -0.128. The molecule has 2 heterocycles. The van der Waals surface area contributed by atoms with Crippen LogP contribution in [0, 0.1) is 11.7 Å². The van der Waals surface area contributed by atoms with Crippen LogP contribution in [-0.2, 0) is 22.6 Å². The Balaban J connectivity index is 0.00000192. The molecule has 2 aliphatic rings. The number of hydrogen-bond donors (Lipinski definition) is 2. The number of amides is 2. The Morgan fingerprint density at radius 3 is 2.87 bits per heavy atom. The van der Waals surface area contributed by atoms with Gasteiger partial charge >= 0.3 is 0 Å². The molecule has 7 heteroatoms. The van der Waals surface area contributed by atoms with Gasteiger partial charge in [0.05, 0.1) is 11.6 Å². The van der Waals surface area contributed by atoms with Crippen LogP contribution in [0.25, 0.3) is 0 Å². The molecule has 0 spiro atoms. The smallest absolute Gasteiger partial charge is 0.229 e. The molecule has 0 saturated carbocycles. The van der Waals surface area contributed by atoms with Gasteiger partial charge in [0.1, 0.15) is 5.82 Å². The number of hydrogen-bond acceptors (Lipinski definition) is 3. The number of carbonyl (C=O) groups is 2. The fourth-order valence-electron chi connectivity index (χ4n) is 3.13. The van der Waals surface area contributed by atoms with Crippen LogP contribution in [0.5, 0.6) is 0 Å². The van der Waals surface area contributed by atoms with Crippen molar-refractivity contribution in [1.29, 1.82) is 0 Å². The highest BCUT2D eigenvalue weighted by Crippen LogP contribution is 2.26. The van der Waals surface area contributed by atoms with E-state index in [0.29, 0.717) is 38.0 Å². The summed E-state index contributed by atoms with van der Waals surface area (Å²) in [6.45, 7) is 3.91. The first-order valence-corrected chi connectivity index (χ1v) is 7.63. The average molecular weight is 342 g/mol. The van der Waals surface area contributed by atoms with E-state index in [1.165, 1.54) is 6.92 Å². The molecule has 3 rings (SSSR count). The highest BCUT2D eigenvalue weighted by Gasteiger charge is 2.30. The number of halogens is 2. The van der Waals surface area contributed by atoms with E-state index >= 15 is 0 Å². The van der Waals surface area contributed by atoms with E-state index in [2.05, 4.69) is 10.6 Å². The van der Waals surface area contributed by atoms with Crippen molar-refractivity contribution < 1.29 is 14.0 Å². The molecule has 0 radical (unpaired) electrons. The van der Waals surface area contributed by atoms with Crippen LogP contribution < -0.4 is 10.6 Å². The summed E-state index contributed by atoms with van der Waals surface area (Å²) in [7, 11) is 0. The van der Waals surface area contributed by atoms with Crippen molar-refractivity contribution in [2.24, 2.45) is 5.92 Å². The Labute approximate surface area is 141 Å². The lowest BCUT2D eigenvalue weighted by Gasteiger charge is -2.20. The second-order valence-electron chi connectivity index (χ2n) is 5.93. The van der Waals surface area contributed by atoms with Gasteiger partial charge in [0.15, 0.2) is 0 Å². The molecular formula is C16H21ClFN3O2. The SMILES string of the molecule is CC(=O)N1CCC(C(=O)Nc2ccc3c(c2F)CCNC3)C1.Cl. The van der Waals surface area contributed by atoms with E-state index in [0.717, 1.165) is 12.1 Å². The zero-order valence-electron chi connectivity index (χ0n) is 13.0. The van der Waals surface area contributed by atoms with Gasteiger partial charge in [-0.3, -0.25) is 9.59 Å². The third-order valence-corrected chi connectivity index (χ3v) is 4.47. The predicted octanol–water partition coefficient (Wildman–Crippen LogP) is 1.70. The largest absolute Gasteiger partial charge is 0.342 e. The summed E-state index contributed by atoms with van der Waals surface area (Å²) in [6, 6.07) is 3.48. The maximum Gasteiger partial charge on any atom is 0.229 e. The third kappa shape index (κ3) is 3.64. The number of fused-ring (bicyclic) bond motifs is 1. The standard InChI is InChI=1S/C16H20FN3O2.ClH/c1-10(21)20-7-5-12(9-20)16(22)19-14-3-2-11-8-18-6-4-13(11)15(14)17;/h2-3,12,18H,4-9H2,1H3,(H,19,22);1H. The molecule has 0 bridgehead atoms. The summed E-state index contributed by atoms with van der Waals surface area (Å²) in [6.07, 6.45) is 1.26. The molecule has 1 unspecified atom stereocenters. The second-order valence-corrected chi connectivity index (χ2v) is 5.93. The number of nitrogens with zero attached hydrogens (tertiary/aromatic N) is 1. The van der Waals surface area contributed by atoms with Crippen LogP contribution >= 0.6 is 12.4 Å². The summed E-state index contributed by atoms with van der Waals surface area (Å²) >= 11 is 0. The zero-order chi connectivity index (χ0) is 15.7. The number of anilines is 1. The molecule has 0 aromatic heterocycles. The van der Waals surface area contributed by atoms with E-state index < -0.39 is 0 Å². The molecule has 23 heavy (non-hydrogen) atoms. The fourth-order valence-corrected chi connectivity index (χ4v) is 3.13. The van der Waals surface area contributed by atoms with Crippen molar-refractivity contribution in [3.8, 4) is 0 Å². The van der Waals surface area contributed by atoms with E-state index in [4.69, 9.17) is 0 Å². The van der Waals surface area contributed by atoms with Gasteiger partial charge in [-0.25, -0.2) is 4.39 Å². The fraction of sp³-hybridized carbons (Fsp3) is 0.500. The van der Waals surface area contributed by atoms with E-state index in [1.807, 2.05) is 6.07 Å². The molecule has 126 valence electrons. The summed E-state index contributed by atoms with van der Waals surface area (Å²) in [4.78, 5) is 25.2. The van der Waals surface area contributed by atoms with Gasteiger partial charge in [0.25, 0.3) is 0 Å². The summed E-state index contributed by atoms with van der Waals surface area (Å²) < 4.78 is 14.5. The van der Waals surface area contributed by atoms with Crippen molar-refractivity contribution >= 4 is 29.9 Å². The molecule has 2 amide bonds. The maximum atomic E-state index is 14.5. The minimum absolute atomic E-state index is 0. The summed E-state index contributed by atoms with van der Waals surface area (Å²) in [5.41, 5.74) is 1.88. The van der Waals surface area contributed by atoms with Crippen LogP contribution in [0.3, 0.4) is 0 Å². The van der Waals surface area contributed by atoms with Crippen molar-refractivity contribution in [2.75, 3.05) is 25.0 Å². The number of carbonyl (C=O) groups excluding carboxylic acids is 2. The number of likely N-dealkylation sites (tertiary alicyclic amines) is 1. The average Bonchev–Trinajstić information content (AvgIpc) is 3.00. The number of benzene rings is 1. The normalized spacial score (nSPS) is 19.7. The second kappa shape index (κ2) is 7.27. The number of rotatable bonds is 2. The highest BCUT2D eigenvalue weighted by molar-refractivity contribution is 5.93.